The van der Waals surface area contributed by atoms with Crippen LogP contribution in [0, 0.1) is 29.5 Å². The van der Waals surface area contributed by atoms with Gasteiger partial charge in [0.25, 0.3) is 5.91 Å². The number of nitrogens with zero attached hydrogens (tertiary/aromatic N) is 1. The van der Waals surface area contributed by atoms with Crippen molar-refractivity contribution in [2.75, 3.05) is 11.9 Å². The number of anilines is 1. The molecule has 2 rings (SSSR count). The molecule has 0 aliphatic heterocycles. The second-order valence-corrected chi connectivity index (χ2v) is 6.65. The molecule has 0 saturated carbocycles. The summed E-state index contributed by atoms with van der Waals surface area (Å²) >= 11 is 6.73. The highest BCUT2D eigenvalue weighted by Crippen LogP contribution is 2.35. The van der Waals surface area contributed by atoms with E-state index in [9.17, 15) is 14.4 Å². The van der Waals surface area contributed by atoms with Gasteiger partial charge in [0.2, 0.25) is 0 Å². The van der Waals surface area contributed by atoms with Crippen LogP contribution in [0.5, 0.6) is 5.75 Å². The number of benzene rings is 2. The maximum absolute atomic E-state index is 12.9. The highest BCUT2D eigenvalue weighted by Gasteiger charge is 2.12. The van der Waals surface area contributed by atoms with Crippen LogP contribution in [-0.2, 0) is 4.79 Å². The van der Waals surface area contributed by atoms with Gasteiger partial charge in [0.05, 0.1) is 8.95 Å². The number of amides is 1. The Kier molecular flexibility index (Phi) is 6.97. The zero-order valence-electron chi connectivity index (χ0n) is 13.2. The summed E-state index contributed by atoms with van der Waals surface area (Å²) in [6.07, 6.45) is 6.61. The first-order valence-corrected chi connectivity index (χ1v) is 8.77. The first-order valence-electron chi connectivity index (χ1n) is 7.18. The van der Waals surface area contributed by atoms with E-state index in [4.69, 9.17) is 11.2 Å². The maximum Gasteiger partial charge on any atom is 0.266 e. The molecule has 0 aliphatic rings. The number of carbonyl (C=O) groups is 1. The average Bonchev–Trinajstić information content (AvgIpc) is 2.61. The van der Waals surface area contributed by atoms with E-state index in [0.717, 1.165) is 0 Å². The molecule has 0 atom stereocenters. The molecule has 7 heteroatoms. The molecule has 0 radical (unpaired) electrons. The highest BCUT2D eigenvalue weighted by molar-refractivity contribution is 9.11. The lowest BCUT2D eigenvalue weighted by Gasteiger charge is -2.09. The third kappa shape index (κ3) is 5.19. The van der Waals surface area contributed by atoms with Gasteiger partial charge in [0, 0.05) is 5.69 Å². The molecule has 2 aromatic rings. The fourth-order valence-corrected chi connectivity index (χ4v) is 3.41. The van der Waals surface area contributed by atoms with Crippen molar-refractivity contribution in [3.8, 4) is 24.2 Å². The molecule has 0 heterocycles. The van der Waals surface area contributed by atoms with E-state index in [2.05, 4.69) is 43.1 Å². The van der Waals surface area contributed by atoms with Gasteiger partial charge in [-0.05, 0) is 79.9 Å². The molecule has 26 heavy (non-hydrogen) atoms. The van der Waals surface area contributed by atoms with Crippen LogP contribution in [-0.4, -0.2) is 12.5 Å². The molecule has 1 amide bonds. The fraction of sp³-hybridized carbons (Fsp3) is 0.0526. The molecule has 0 unspecified atom stereocenters. The zero-order chi connectivity index (χ0) is 19.1. The number of halogens is 3. The minimum Gasteiger partial charge on any atom is -0.479 e. The largest absolute Gasteiger partial charge is 0.479 e. The maximum atomic E-state index is 12.9. The van der Waals surface area contributed by atoms with Crippen molar-refractivity contribution in [3.63, 3.8) is 0 Å². The minimum absolute atomic E-state index is 0.106. The molecule has 0 aromatic heterocycles. The van der Waals surface area contributed by atoms with E-state index in [1.165, 1.54) is 30.3 Å². The van der Waals surface area contributed by atoms with Gasteiger partial charge in [-0.25, -0.2) is 4.39 Å². The number of rotatable bonds is 5. The van der Waals surface area contributed by atoms with Crippen LogP contribution in [0.15, 0.2) is 50.9 Å². The molecule has 1 N–H and O–H groups in total. The van der Waals surface area contributed by atoms with Crippen LogP contribution in [0.4, 0.5) is 10.1 Å². The Balaban J connectivity index is 2.25. The van der Waals surface area contributed by atoms with Crippen LogP contribution < -0.4 is 10.1 Å². The lowest BCUT2D eigenvalue weighted by molar-refractivity contribution is -0.112. The molecular weight excluding hydrogens is 467 g/mol. The smallest absolute Gasteiger partial charge is 0.266 e. The summed E-state index contributed by atoms with van der Waals surface area (Å²) in [7, 11) is 0. The van der Waals surface area contributed by atoms with Gasteiger partial charge in [-0.3, -0.25) is 4.79 Å². The van der Waals surface area contributed by atoms with Crippen LogP contribution in [0.1, 0.15) is 5.56 Å². The number of hydrogen-bond donors (Lipinski definition) is 1. The van der Waals surface area contributed by atoms with Crippen molar-refractivity contribution in [3.05, 3.63) is 62.3 Å². The summed E-state index contributed by atoms with van der Waals surface area (Å²) in [4.78, 5) is 12.2. The first kappa shape index (κ1) is 19.7. The number of nitrogens with one attached hydrogen (secondary N) is 1. The average molecular weight is 478 g/mol. The SMILES string of the molecule is C#CCOc1c(Br)cc(/C=C(\C#N)C(=O)Nc2ccc(F)cc2)cc1Br. The van der Waals surface area contributed by atoms with Gasteiger partial charge >= 0.3 is 0 Å². The zero-order valence-corrected chi connectivity index (χ0v) is 16.4. The third-order valence-corrected chi connectivity index (χ3v) is 4.28. The van der Waals surface area contributed by atoms with Crippen molar-refractivity contribution < 1.29 is 13.9 Å². The molecule has 0 spiro atoms. The summed E-state index contributed by atoms with van der Waals surface area (Å²) in [5, 5.41) is 11.8. The monoisotopic (exact) mass is 476 g/mol. The van der Waals surface area contributed by atoms with Gasteiger partial charge in [0.1, 0.15) is 29.8 Å². The second kappa shape index (κ2) is 9.19. The molecule has 0 bridgehead atoms. The highest BCUT2D eigenvalue weighted by atomic mass is 79.9. The lowest BCUT2D eigenvalue weighted by Crippen LogP contribution is -2.13. The van der Waals surface area contributed by atoms with Gasteiger partial charge < -0.3 is 10.1 Å². The Labute approximate surface area is 166 Å². The summed E-state index contributed by atoms with van der Waals surface area (Å²) in [6.45, 7) is 0.107. The topological polar surface area (TPSA) is 62.1 Å². The normalized spacial score (nSPS) is 10.6. The Morgan fingerprint density at radius 1 is 1.27 bits per heavy atom. The van der Waals surface area contributed by atoms with Crippen molar-refractivity contribution in [1.82, 2.24) is 0 Å². The second-order valence-electron chi connectivity index (χ2n) is 4.94. The van der Waals surface area contributed by atoms with Crippen LogP contribution in [0.2, 0.25) is 0 Å². The molecule has 0 aliphatic carbocycles. The summed E-state index contributed by atoms with van der Waals surface area (Å²) in [5.41, 5.74) is 0.881. The fourth-order valence-electron chi connectivity index (χ4n) is 1.96. The van der Waals surface area contributed by atoms with Crippen LogP contribution in [0.25, 0.3) is 6.08 Å². The Bertz CT molecular complexity index is 918. The van der Waals surface area contributed by atoms with E-state index in [0.29, 0.717) is 25.9 Å². The lowest BCUT2D eigenvalue weighted by atomic mass is 10.1. The summed E-state index contributed by atoms with van der Waals surface area (Å²) in [6, 6.07) is 10.5. The number of hydrogen-bond acceptors (Lipinski definition) is 3. The predicted molar refractivity (Wildman–Crippen MR) is 105 cm³/mol. The molecule has 0 fully saturated rings. The van der Waals surface area contributed by atoms with E-state index in [-0.39, 0.29) is 12.2 Å². The Hall–Kier alpha value is -2.61. The van der Waals surface area contributed by atoms with Crippen molar-refractivity contribution in [2.45, 2.75) is 0 Å². The Morgan fingerprint density at radius 3 is 2.42 bits per heavy atom. The standard InChI is InChI=1S/C19H11Br2FN2O2/c1-2-7-26-18-16(20)9-12(10-17(18)21)8-13(11-23)19(25)24-15-5-3-14(22)4-6-15/h1,3-6,8-10H,7H2,(H,24,25)/b13-8+. The molecule has 0 saturated heterocycles. The minimum atomic E-state index is -0.598. The Morgan fingerprint density at radius 2 is 1.88 bits per heavy atom. The summed E-state index contributed by atoms with van der Waals surface area (Å²) in [5.74, 6) is 1.88. The van der Waals surface area contributed by atoms with Crippen LogP contribution >= 0.6 is 31.9 Å². The summed E-state index contributed by atoms with van der Waals surface area (Å²) < 4.78 is 19.6. The molecular formula is C19H11Br2FN2O2. The number of nitriles is 1. The first-order chi connectivity index (χ1) is 12.4. The van der Waals surface area contributed by atoms with E-state index in [1.807, 2.05) is 6.07 Å². The van der Waals surface area contributed by atoms with E-state index in [1.54, 1.807) is 12.1 Å². The van der Waals surface area contributed by atoms with E-state index < -0.39 is 11.7 Å². The van der Waals surface area contributed by atoms with Crippen molar-refractivity contribution >= 4 is 49.5 Å². The van der Waals surface area contributed by atoms with Gasteiger partial charge in [-0.15, -0.1) is 6.42 Å². The molecule has 2 aromatic carbocycles. The molecule has 130 valence electrons. The van der Waals surface area contributed by atoms with Gasteiger partial charge in [-0.2, -0.15) is 5.26 Å². The van der Waals surface area contributed by atoms with Gasteiger partial charge in [-0.1, -0.05) is 5.92 Å². The van der Waals surface area contributed by atoms with Gasteiger partial charge in [0.15, 0.2) is 0 Å². The number of terminal acetylenes is 1. The number of ether oxygens (including phenoxy) is 1. The van der Waals surface area contributed by atoms with Crippen LogP contribution in [0.3, 0.4) is 0 Å². The molecule has 4 nitrogen and oxygen atoms in total. The predicted octanol–water partition coefficient (Wildman–Crippen LogP) is 4.91. The van der Waals surface area contributed by atoms with Crippen molar-refractivity contribution in [1.29, 1.82) is 5.26 Å². The van der Waals surface area contributed by atoms with E-state index >= 15 is 0 Å². The quantitative estimate of drug-likeness (QED) is 0.378. The third-order valence-electron chi connectivity index (χ3n) is 3.10. The van der Waals surface area contributed by atoms with Crippen molar-refractivity contribution in [2.24, 2.45) is 0 Å². The number of carbonyl (C=O) groups excluding carboxylic acids is 1.